The first-order valence-corrected chi connectivity index (χ1v) is 6.41. The highest BCUT2D eigenvalue weighted by Crippen LogP contribution is 2.24. The van der Waals surface area contributed by atoms with E-state index >= 15 is 0 Å². The van der Waals surface area contributed by atoms with Crippen LogP contribution in [0.15, 0.2) is 5.38 Å². The zero-order valence-electron chi connectivity index (χ0n) is 9.23. The Kier molecular flexibility index (Phi) is 3.38. The van der Waals surface area contributed by atoms with E-state index in [1.54, 1.807) is 11.3 Å². The predicted molar refractivity (Wildman–Crippen MR) is 62.0 cm³/mol. The van der Waals surface area contributed by atoms with Crippen LogP contribution in [0.5, 0.6) is 0 Å². The van der Waals surface area contributed by atoms with Gasteiger partial charge in [-0.3, -0.25) is 0 Å². The number of nitrogens with zero attached hydrogens (tertiary/aromatic N) is 1. The van der Waals surface area contributed by atoms with E-state index in [4.69, 9.17) is 0 Å². The summed E-state index contributed by atoms with van der Waals surface area (Å²) in [6, 6.07) is 0.505. The van der Waals surface area contributed by atoms with E-state index in [2.05, 4.69) is 22.6 Å². The molecule has 0 aliphatic heterocycles. The van der Waals surface area contributed by atoms with E-state index < -0.39 is 0 Å². The Hall–Kier alpha value is -0.450. The number of aliphatic hydroxyl groups excluding tert-OH is 1. The SMILES string of the molecule is Cc1csc(C(C)N[C@H]2CCC[C@@H]2O)n1. The number of rotatable bonds is 3. The van der Waals surface area contributed by atoms with Crippen LogP contribution in [0.2, 0.25) is 0 Å². The number of aromatic nitrogens is 1. The van der Waals surface area contributed by atoms with Gasteiger partial charge in [-0.2, -0.15) is 0 Å². The lowest BCUT2D eigenvalue weighted by molar-refractivity contribution is 0.144. The predicted octanol–water partition coefficient (Wildman–Crippen LogP) is 2.02. The van der Waals surface area contributed by atoms with Gasteiger partial charge in [0.25, 0.3) is 0 Å². The van der Waals surface area contributed by atoms with E-state index in [-0.39, 0.29) is 18.2 Å². The maximum atomic E-state index is 9.71. The largest absolute Gasteiger partial charge is 0.392 e. The van der Waals surface area contributed by atoms with Crippen molar-refractivity contribution < 1.29 is 5.11 Å². The first-order chi connectivity index (χ1) is 7.16. The van der Waals surface area contributed by atoms with Crippen molar-refractivity contribution in [1.82, 2.24) is 10.3 Å². The van der Waals surface area contributed by atoms with Crippen molar-refractivity contribution in [2.45, 2.75) is 51.3 Å². The molecule has 1 saturated carbocycles. The van der Waals surface area contributed by atoms with Gasteiger partial charge < -0.3 is 10.4 Å². The summed E-state index contributed by atoms with van der Waals surface area (Å²) in [5, 5.41) is 16.4. The molecule has 2 rings (SSSR count). The van der Waals surface area contributed by atoms with Gasteiger partial charge >= 0.3 is 0 Å². The fourth-order valence-corrected chi connectivity index (χ4v) is 2.91. The highest BCUT2D eigenvalue weighted by molar-refractivity contribution is 7.09. The van der Waals surface area contributed by atoms with Crippen molar-refractivity contribution in [3.63, 3.8) is 0 Å². The van der Waals surface area contributed by atoms with Gasteiger partial charge in [-0.1, -0.05) is 0 Å². The smallest absolute Gasteiger partial charge is 0.110 e. The molecule has 1 aliphatic carbocycles. The van der Waals surface area contributed by atoms with Crippen molar-refractivity contribution >= 4 is 11.3 Å². The van der Waals surface area contributed by atoms with Gasteiger partial charge in [-0.25, -0.2) is 4.98 Å². The average Bonchev–Trinajstić information content (AvgIpc) is 2.77. The number of thiazole rings is 1. The van der Waals surface area contributed by atoms with Crippen LogP contribution >= 0.6 is 11.3 Å². The highest BCUT2D eigenvalue weighted by Gasteiger charge is 2.26. The molecular weight excluding hydrogens is 208 g/mol. The molecule has 0 saturated heterocycles. The first-order valence-electron chi connectivity index (χ1n) is 5.53. The normalized spacial score (nSPS) is 28.2. The Morgan fingerprint density at radius 3 is 2.93 bits per heavy atom. The van der Waals surface area contributed by atoms with Crippen LogP contribution in [0.1, 0.15) is 42.9 Å². The maximum Gasteiger partial charge on any atom is 0.110 e. The van der Waals surface area contributed by atoms with Gasteiger partial charge in [0.2, 0.25) is 0 Å². The molecule has 0 amide bonds. The zero-order chi connectivity index (χ0) is 10.8. The first kappa shape index (κ1) is 11.0. The molecule has 84 valence electrons. The molecule has 4 heteroatoms. The van der Waals surface area contributed by atoms with Crippen LogP contribution in [0.25, 0.3) is 0 Å². The minimum Gasteiger partial charge on any atom is -0.392 e. The van der Waals surface area contributed by atoms with Gasteiger partial charge in [-0.15, -0.1) is 11.3 Å². The summed E-state index contributed by atoms with van der Waals surface area (Å²) in [7, 11) is 0. The summed E-state index contributed by atoms with van der Waals surface area (Å²) in [5.41, 5.74) is 1.08. The number of hydrogen-bond donors (Lipinski definition) is 2. The van der Waals surface area contributed by atoms with Gasteiger partial charge in [0.15, 0.2) is 0 Å². The standard InChI is InChI=1S/C11H18N2OS/c1-7-6-15-11(12-7)8(2)13-9-4-3-5-10(9)14/h6,8-10,13-14H,3-5H2,1-2H3/t8?,9-,10-/m0/s1. The molecular formula is C11H18N2OS. The van der Waals surface area contributed by atoms with Crippen LogP contribution in [0.3, 0.4) is 0 Å². The second kappa shape index (κ2) is 4.60. The molecule has 1 aromatic heterocycles. The van der Waals surface area contributed by atoms with Crippen LogP contribution in [-0.4, -0.2) is 22.2 Å². The molecule has 3 atom stereocenters. The monoisotopic (exact) mass is 226 g/mol. The highest BCUT2D eigenvalue weighted by atomic mass is 32.1. The second-order valence-electron chi connectivity index (χ2n) is 4.32. The van der Waals surface area contributed by atoms with Crippen LogP contribution in [0, 0.1) is 6.92 Å². The molecule has 1 fully saturated rings. The molecule has 0 spiro atoms. The number of aliphatic hydroxyl groups is 1. The topological polar surface area (TPSA) is 45.1 Å². The van der Waals surface area contributed by atoms with E-state index in [9.17, 15) is 5.11 Å². The number of hydrogen-bond acceptors (Lipinski definition) is 4. The van der Waals surface area contributed by atoms with Crippen molar-refractivity contribution in [1.29, 1.82) is 0 Å². The van der Waals surface area contributed by atoms with Crippen LogP contribution in [-0.2, 0) is 0 Å². The molecule has 0 bridgehead atoms. The summed E-state index contributed by atoms with van der Waals surface area (Å²) in [5.74, 6) is 0. The quantitative estimate of drug-likeness (QED) is 0.829. The zero-order valence-corrected chi connectivity index (χ0v) is 10.0. The summed E-state index contributed by atoms with van der Waals surface area (Å²) in [4.78, 5) is 4.45. The van der Waals surface area contributed by atoms with E-state index in [1.165, 1.54) is 0 Å². The lowest BCUT2D eigenvalue weighted by atomic mass is 10.2. The molecule has 2 N–H and O–H groups in total. The summed E-state index contributed by atoms with van der Waals surface area (Å²) < 4.78 is 0. The van der Waals surface area contributed by atoms with Gasteiger partial charge in [0.1, 0.15) is 5.01 Å². The van der Waals surface area contributed by atoms with E-state index in [0.29, 0.717) is 0 Å². The second-order valence-corrected chi connectivity index (χ2v) is 5.21. The average molecular weight is 226 g/mol. The van der Waals surface area contributed by atoms with Crippen molar-refractivity contribution in [3.8, 4) is 0 Å². The Morgan fingerprint density at radius 1 is 1.60 bits per heavy atom. The van der Waals surface area contributed by atoms with Crippen LogP contribution in [0.4, 0.5) is 0 Å². The molecule has 0 radical (unpaired) electrons. The lowest BCUT2D eigenvalue weighted by Crippen LogP contribution is -2.37. The summed E-state index contributed by atoms with van der Waals surface area (Å²) >= 11 is 1.69. The third-order valence-electron chi connectivity index (χ3n) is 2.95. The molecule has 0 aromatic carbocycles. The molecule has 1 unspecified atom stereocenters. The number of nitrogens with one attached hydrogen (secondary N) is 1. The fraction of sp³-hybridized carbons (Fsp3) is 0.727. The molecule has 3 nitrogen and oxygen atoms in total. The van der Waals surface area contributed by atoms with E-state index in [1.807, 2.05) is 6.92 Å². The molecule has 1 heterocycles. The lowest BCUT2D eigenvalue weighted by Gasteiger charge is -2.20. The summed E-state index contributed by atoms with van der Waals surface area (Å²) in [6.07, 6.45) is 2.97. The molecule has 1 aliphatic rings. The Morgan fingerprint density at radius 2 is 2.40 bits per heavy atom. The van der Waals surface area contributed by atoms with Gasteiger partial charge in [0.05, 0.1) is 12.1 Å². The van der Waals surface area contributed by atoms with Crippen molar-refractivity contribution in [2.24, 2.45) is 0 Å². The number of aryl methyl sites for hydroxylation is 1. The van der Waals surface area contributed by atoms with Gasteiger partial charge in [0, 0.05) is 17.1 Å². The van der Waals surface area contributed by atoms with Crippen molar-refractivity contribution in [2.75, 3.05) is 0 Å². The Balaban J connectivity index is 1.94. The molecule has 15 heavy (non-hydrogen) atoms. The fourth-order valence-electron chi connectivity index (χ4n) is 2.10. The van der Waals surface area contributed by atoms with Gasteiger partial charge in [-0.05, 0) is 33.1 Å². The van der Waals surface area contributed by atoms with Crippen molar-refractivity contribution in [3.05, 3.63) is 16.1 Å². The summed E-state index contributed by atoms with van der Waals surface area (Å²) in [6.45, 7) is 4.13. The van der Waals surface area contributed by atoms with Crippen LogP contribution < -0.4 is 5.32 Å². The van der Waals surface area contributed by atoms with E-state index in [0.717, 1.165) is 30.0 Å². The minimum absolute atomic E-state index is 0.173. The Bertz CT molecular complexity index is 326. The minimum atomic E-state index is -0.173. The maximum absolute atomic E-state index is 9.71. The Labute approximate surface area is 94.5 Å². The third kappa shape index (κ3) is 2.56. The third-order valence-corrected chi connectivity index (χ3v) is 4.10. The molecule has 1 aromatic rings.